The van der Waals surface area contributed by atoms with Crippen LogP contribution in [-0.2, 0) is 11.2 Å². The first-order chi connectivity index (χ1) is 11.1. The Labute approximate surface area is 139 Å². The largest absolute Gasteiger partial charge is 0.324 e. The summed E-state index contributed by atoms with van der Waals surface area (Å²) in [5.41, 5.74) is 1.57. The number of nitrogens with one attached hydrogen (secondary N) is 1. The van der Waals surface area contributed by atoms with Crippen molar-refractivity contribution in [3.05, 3.63) is 71.4 Å². The van der Waals surface area contributed by atoms with Gasteiger partial charge in [0, 0.05) is 17.4 Å². The summed E-state index contributed by atoms with van der Waals surface area (Å²) in [6, 6.07) is 10.9. The van der Waals surface area contributed by atoms with Gasteiger partial charge in [0.25, 0.3) is 0 Å². The Hall–Kier alpha value is -2.66. The third kappa shape index (κ3) is 3.76. The van der Waals surface area contributed by atoms with E-state index in [-0.39, 0.29) is 5.91 Å². The number of carbonyl (C=O) groups is 1. The van der Waals surface area contributed by atoms with E-state index in [1.165, 1.54) is 0 Å². The smallest absolute Gasteiger partial charge is 0.228 e. The van der Waals surface area contributed by atoms with Crippen LogP contribution in [0.25, 0.3) is 5.82 Å². The zero-order valence-corrected chi connectivity index (χ0v) is 13.3. The number of nitrogens with zero attached hydrogens (tertiary/aromatic N) is 3. The van der Waals surface area contributed by atoms with E-state index in [9.17, 15) is 4.79 Å². The number of amides is 1. The minimum Gasteiger partial charge on any atom is -0.324 e. The van der Waals surface area contributed by atoms with Crippen LogP contribution in [0.5, 0.6) is 0 Å². The lowest BCUT2D eigenvalue weighted by molar-refractivity contribution is -0.115. The lowest BCUT2D eigenvalue weighted by Crippen LogP contribution is -2.14. The summed E-state index contributed by atoms with van der Waals surface area (Å²) in [7, 11) is 0. The average Bonchev–Trinajstić information content (AvgIpc) is 2.96. The molecule has 1 amide bonds. The van der Waals surface area contributed by atoms with Crippen LogP contribution < -0.4 is 5.32 Å². The van der Waals surface area contributed by atoms with Gasteiger partial charge in [-0.2, -0.15) is 0 Å². The van der Waals surface area contributed by atoms with E-state index in [2.05, 4.69) is 15.3 Å². The molecule has 3 rings (SSSR count). The van der Waals surface area contributed by atoms with Crippen molar-refractivity contribution in [2.24, 2.45) is 0 Å². The third-order valence-electron chi connectivity index (χ3n) is 3.38. The van der Waals surface area contributed by atoms with E-state index in [0.717, 1.165) is 17.2 Å². The van der Waals surface area contributed by atoms with Crippen LogP contribution in [0.4, 0.5) is 5.69 Å². The highest BCUT2D eigenvalue weighted by Crippen LogP contribution is 2.13. The molecule has 0 atom stereocenters. The molecule has 2 aromatic heterocycles. The number of aromatic nitrogens is 3. The Morgan fingerprint density at radius 2 is 1.96 bits per heavy atom. The van der Waals surface area contributed by atoms with Crippen molar-refractivity contribution in [2.75, 3.05) is 5.32 Å². The standard InChI is InChI=1S/C17H15ClN4O/c1-12-19-8-9-22(12)16-7-6-15(11-20-16)21-17(23)10-13-2-4-14(18)5-3-13/h2-9,11H,10H2,1H3,(H,21,23). The summed E-state index contributed by atoms with van der Waals surface area (Å²) >= 11 is 5.83. The molecule has 2 heterocycles. The van der Waals surface area contributed by atoms with E-state index in [1.54, 1.807) is 24.5 Å². The van der Waals surface area contributed by atoms with Crippen molar-refractivity contribution < 1.29 is 4.79 Å². The van der Waals surface area contributed by atoms with Gasteiger partial charge < -0.3 is 5.32 Å². The summed E-state index contributed by atoms with van der Waals surface area (Å²) in [5.74, 6) is 1.52. The molecule has 0 bridgehead atoms. The number of hydrogen-bond acceptors (Lipinski definition) is 3. The zero-order valence-electron chi connectivity index (χ0n) is 12.5. The van der Waals surface area contributed by atoms with Crippen LogP contribution >= 0.6 is 11.6 Å². The Morgan fingerprint density at radius 3 is 2.57 bits per heavy atom. The van der Waals surface area contributed by atoms with Crippen molar-refractivity contribution >= 4 is 23.2 Å². The van der Waals surface area contributed by atoms with E-state index in [0.29, 0.717) is 17.1 Å². The molecular weight excluding hydrogens is 312 g/mol. The SMILES string of the molecule is Cc1nccn1-c1ccc(NC(=O)Cc2ccc(Cl)cc2)cn1. The van der Waals surface area contributed by atoms with Crippen LogP contribution in [-0.4, -0.2) is 20.4 Å². The number of carbonyl (C=O) groups excluding carboxylic acids is 1. The molecule has 116 valence electrons. The quantitative estimate of drug-likeness (QED) is 0.799. The van der Waals surface area contributed by atoms with Gasteiger partial charge in [0.1, 0.15) is 11.6 Å². The number of rotatable bonds is 4. The highest BCUT2D eigenvalue weighted by molar-refractivity contribution is 6.30. The summed E-state index contributed by atoms with van der Waals surface area (Å²) in [5, 5.41) is 3.49. The molecule has 1 N–H and O–H groups in total. The average molecular weight is 327 g/mol. The number of halogens is 1. The minimum atomic E-state index is -0.0966. The summed E-state index contributed by atoms with van der Waals surface area (Å²) < 4.78 is 1.87. The molecule has 0 spiro atoms. The van der Waals surface area contributed by atoms with Crippen LogP contribution in [0, 0.1) is 6.92 Å². The predicted octanol–water partition coefficient (Wildman–Crippen LogP) is 3.41. The molecule has 3 aromatic rings. The topological polar surface area (TPSA) is 59.8 Å². The first-order valence-electron chi connectivity index (χ1n) is 7.12. The van der Waals surface area contributed by atoms with Gasteiger partial charge in [-0.1, -0.05) is 23.7 Å². The predicted molar refractivity (Wildman–Crippen MR) is 89.9 cm³/mol. The molecule has 0 unspecified atom stereocenters. The highest BCUT2D eigenvalue weighted by atomic mass is 35.5. The molecule has 0 fully saturated rings. The normalized spacial score (nSPS) is 10.5. The highest BCUT2D eigenvalue weighted by Gasteiger charge is 2.06. The molecule has 1 aromatic carbocycles. The van der Waals surface area contributed by atoms with Gasteiger partial charge in [-0.25, -0.2) is 9.97 Å². The van der Waals surface area contributed by atoms with Gasteiger partial charge in [0.15, 0.2) is 0 Å². The number of benzene rings is 1. The first-order valence-corrected chi connectivity index (χ1v) is 7.50. The van der Waals surface area contributed by atoms with Crippen LogP contribution in [0.2, 0.25) is 5.02 Å². The molecule has 0 aliphatic heterocycles. The molecule has 5 nitrogen and oxygen atoms in total. The van der Waals surface area contributed by atoms with Crippen molar-refractivity contribution in [2.45, 2.75) is 13.3 Å². The number of aryl methyl sites for hydroxylation is 1. The van der Waals surface area contributed by atoms with Crippen molar-refractivity contribution in [1.82, 2.24) is 14.5 Å². The first kappa shape index (κ1) is 15.2. The number of anilines is 1. The third-order valence-corrected chi connectivity index (χ3v) is 3.63. The summed E-state index contributed by atoms with van der Waals surface area (Å²) in [4.78, 5) is 20.6. The summed E-state index contributed by atoms with van der Waals surface area (Å²) in [6.07, 6.45) is 5.49. The molecular formula is C17H15ClN4O. The fraction of sp³-hybridized carbons (Fsp3) is 0.118. The molecule has 0 radical (unpaired) electrons. The fourth-order valence-corrected chi connectivity index (χ4v) is 2.34. The maximum absolute atomic E-state index is 12.0. The summed E-state index contributed by atoms with van der Waals surface area (Å²) in [6.45, 7) is 1.91. The van der Waals surface area contributed by atoms with E-state index >= 15 is 0 Å². The monoisotopic (exact) mass is 326 g/mol. The van der Waals surface area contributed by atoms with Crippen molar-refractivity contribution in [3.63, 3.8) is 0 Å². The molecule has 0 aliphatic rings. The zero-order chi connectivity index (χ0) is 16.2. The Morgan fingerprint density at radius 1 is 1.17 bits per heavy atom. The molecule has 0 saturated carbocycles. The molecule has 6 heteroatoms. The lowest BCUT2D eigenvalue weighted by Gasteiger charge is -2.07. The van der Waals surface area contributed by atoms with Crippen LogP contribution in [0.15, 0.2) is 55.0 Å². The van der Waals surface area contributed by atoms with Gasteiger partial charge in [-0.15, -0.1) is 0 Å². The number of imidazole rings is 1. The van der Waals surface area contributed by atoms with Gasteiger partial charge in [-0.05, 0) is 36.8 Å². The maximum atomic E-state index is 12.0. The Kier molecular flexibility index (Phi) is 4.39. The van der Waals surface area contributed by atoms with Gasteiger partial charge >= 0.3 is 0 Å². The maximum Gasteiger partial charge on any atom is 0.228 e. The van der Waals surface area contributed by atoms with E-state index in [4.69, 9.17) is 11.6 Å². The minimum absolute atomic E-state index is 0.0966. The van der Waals surface area contributed by atoms with Crippen molar-refractivity contribution in [3.8, 4) is 5.82 Å². The second-order valence-electron chi connectivity index (χ2n) is 5.10. The Bertz CT molecular complexity index is 809. The second kappa shape index (κ2) is 6.62. The van der Waals surface area contributed by atoms with Crippen LogP contribution in [0.1, 0.15) is 11.4 Å². The van der Waals surface area contributed by atoms with Crippen LogP contribution in [0.3, 0.4) is 0 Å². The lowest BCUT2D eigenvalue weighted by atomic mass is 10.1. The number of pyridine rings is 1. The second-order valence-corrected chi connectivity index (χ2v) is 5.54. The van der Waals surface area contributed by atoms with E-state index in [1.807, 2.05) is 42.0 Å². The van der Waals surface area contributed by atoms with Crippen molar-refractivity contribution in [1.29, 1.82) is 0 Å². The molecule has 0 aliphatic carbocycles. The van der Waals surface area contributed by atoms with Gasteiger partial charge in [-0.3, -0.25) is 9.36 Å². The van der Waals surface area contributed by atoms with E-state index < -0.39 is 0 Å². The molecule has 23 heavy (non-hydrogen) atoms. The molecule has 0 saturated heterocycles. The Balaban J connectivity index is 1.65. The number of hydrogen-bond donors (Lipinski definition) is 1. The van der Waals surface area contributed by atoms with Gasteiger partial charge in [0.05, 0.1) is 18.3 Å². The van der Waals surface area contributed by atoms with Gasteiger partial charge in [0.2, 0.25) is 5.91 Å². The fourth-order valence-electron chi connectivity index (χ4n) is 2.22.